The van der Waals surface area contributed by atoms with E-state index in [2.05, 4.69) is 9.97 Å². The Morgan fingerprint density at radius 2 is 2.11 bits per heavy atom. The predicted octanol–water partition coefficient (Wildman–Crippen LogP) is -0.625. The summed E-state index contributed by atoms with van der Waals surface area (Å²) in [5, 5.41) is 0. The van der Waals surface area contributed by atoms with E-state index in [-0.39, 0.29) is 11.2 Å². The van der Waals surface area contributed by atoms with Crippen molar-refractivity contribution < 1.29 is 0 Å². The standard InChI is InChI=1S/C11H17N5O2/c1-14(2)5-4-6-16-10(17)8-9(13-7-12-8)15(3)11(16)18/h7H,4-6H2,1-3H3,(H,12,13). The molecule has 0 aliphatic carbocycles. The molecule has 7 heteroatoms. The number of aryl methyl sites for hydroxylation is 1. The van der Waals surface area contributed by atoms with Crippen LogP contribution in [0.1, 0.15) is 6.42 Å². The van der Waals surface area contributed by atoms with Gasteiger partial charge in [-0.1, -0.05) is 0 Å². The summed E-state index contributed by atoms with van der Waals surface area (Å²) in [6.07, 6.45) is 2.18. The average Bonchev–Trinajstić information content (AvgIpc) is 2.79. The fourth-order valence-electron chi connectivity index (χ4n) is 1.93. The highest BCUT2D eigenvalue weighted by molar-refractivity contribution is 5.68. The van der Waals surface area contributed by atoms with Crippen LogP contribution in [0.4, 0.5) is 0 Å². The van der Waals surface area contributed by atoms with Crippen molar-refractivity contribution in [3.05, 3.63) is 27.2 Å². The highest BCUT2D eigenvalue weighted by Crippen LogP contribution is 1.99. The number of aromatic amines is 1. The van der Waals surface area contributed by atoms with Gasteiger partial charge >= 0.3 is 5.69 Å². The molecule has 0 saturated carbocycles. The van der Waals surface area contributed by atoms with Crippen LogP contribution in [0.2, 0.25) is 0 Å². The average molecular weight is 251 g/mol. The zero-order valence-electron chi connectivity index (χ0n) is 10.8. The van der Waals surface area contributed by atoms with E-state index in [0.717, 1.165) is 13.0 Å². The van der Waals surface area contributed by atoms with E-state index in [0.29, 0.717) is 17.7 Å². The van der Waals surface area contributed by atoms with Crippen LogP contribution in [0.15, 0.2) is 15.9 Å². The number of fused-ring (bicyclic) bond motifs is 1. The van der Waals surface area contributed by atoms with Crippen molar-refractivity contribution >= 4 is 11.2 Å². The van der Waals surface area contributed by atoms with Gasteiger partial charge in [0.05, 0.1) is 6.33 Å². The molecule has 2 rings (SSSR count). The molecule has 0 aromatic carbocycles. The number of nitrogens with one attached hydrogen (secondary N) is 1. The lowest BCUT2D eigenvalue weighted by molar-refractivity contribution is 0.381. The summed E-state index contributed by atoms with van der Waals surface area (Å²) in [6, 6.07) is 0. The van der Waals surface area contributed by atoms with E-state index in [9.17, 15) is 9.59 Å². The number of rotatable bonds is 4. The largest absolute Gasteiger partial charge is 0.339 e. The van der Waals surface area contributed by atoms with Crippen LogP contribution < -0.4 is 11.2 Å². The first kappa shape index (κ1) is 12.6. The van der Waals surface area contributed by atoms with Crippen molar-refractivity contribution in [1.29, 1.82) is 0 Å². The highest BCUT2D eigenvalue weighted by atomic mass is 16.2. The second-order valence-electron chi connectivity index (χ2n) is 4.56. The van der Waals surface area contributed by atoms with E-state index in [1.54, 1.807) is 7.05 Å². The molecule has 1 N–H and O–H groups in total. The van der Waals surface area contributed by atoms with Crippen molar-refractivity contribution in [2.24, 2.45) is 7.05 Å². The molecule has 2 aromatic heterocycles. The molecule has 7 nitrogen and oxygen atoms in total. The number of H-pyrrole nitrogens is 1. The van der Waals surface area contributed by atoms with Gasteiger partial charge in [0.2, 0.25) is 0 Å². The third-order valence-corrected chi connectivity index (χ3v) is 2.90. The fraction of sp³-hybridized carbons (Fsp3) is 0.545. The lowest BCUT2D eigenvalue weighted by atomic mass is 10.4. The van der Waals surface area contributed by atoms with E-state index in [4.69, 9.17) is 0 Å². The van der Waals surface area contributed by atoms with Gasteiger partial charge in [-0.3, -0.25) is 13.9 Å². The molecular formula is C11H17N5O2. The Kier molecular flexibility index (Phi) is 3.33. The van der Waals surface area contributed by atoms with Gasteiger partial charge in [0.15, 0.2) is 5.65 Å². The summed E-state index contributed by atoms with van der Waals surface area (Å²) in [5.74, 6) is 0. The van der Waals surface area contributed by atoms with Crippen molar-refractivity contribution in [3.8, 4) is 0 Å². The molecule has 0 amide bonds. The van der Waals surface area contributed by atoms with Crippen LogP contribution in [0.25, 0.3) is 11.2 Å². The summed E-state index contributed by atoms with van der Waals surface area (Å²) in [5.41, 5.74) is 0.151. The van der Waals surface area contributed by atoms with Gasteiger partial charge in [-0.15, -0.1) is 0 Å². The maximum Gasteiger partial charge on any atom is 0.332 e. The second kappa shape index (κ2) is 4.77. The Balaban J connectivity index is 2.44. The van der Waals surface area contributed by atoms with E-state index < -0.39 is 0 Å². The van der Waals surface area contributed by atoms with Crippen LogP contribution in [0.5, 0.6) is 0 Å². The van der Waals surface area contributed by atoms with Gasteiger partial charge in [-0.05, 0) is 27.1 Å². The monoisotopic (exact) mass is 251 g/mol. The van der Waals surface area contributed by atoms with Crippen molar-refractivity contribution in [2.75, 3.05) is 20.6 Å². The number of nitrogens with zero attached hydrogens (tertiary/aromatic N) is 4. The van der Waals surface area contributed by atoms with E-state index >= 15 is 0 Å². The predicted molar refractivity (Wildman–Crippen MR) is 68.8 cm³/mol. The molecule has 98 valence electrons. The molecular weight excluding hydrogens is 234 g/mol. The van der Waals surface area contributed by atoms with Gasteiger partial charge in [0, 0.05) is 13.6 Å². The summed E-state index contributed by atoms with van der Waals surface area (Å²) in [6.45, 7) is 1.25. The molecule has 2 aromatic rings. The molecule has 0 radical (unpaired) electrons. The molecule has 18 heavy (non-hydrogen) atoms. The zero-order chi connectivity index (χ0) is 13.3. The number of imidazole rings is 1. The minimum absolute atomic E-state index is 0.302. The van der Waals surface area contributed by atoms with E-state index in [1.807, 2.05) is 19.0 Å². The number of hydrogen-bond donors (Lipinski definition) is 1. The Hall–Kier alpha value is -1.89. The lowest BCUT2D eigenvalue weighted by Gasteiger charge is -2.11. The van der Waals surface area contributed by atoms with Gasteiger partial charge in [0.25, 0.3) is 5.56 Å². The fourth-order valence-corrected chi connectivity index (χ4v) is 1.93. The maximum atomic E-state index is 12.1. The topological polar surface area (TPSA) is 75.9 Å². The Labute approximate surface area is 104 Å². The summed E-state index contributed by atoms with van der Waals surface area (Å²) in [4.78, 5) is 32.9. The van der Waals surface area contributed by atoms with Gasteiger partial charge in [0.1, 0.15) is 5.52 Å². The molecule has 0 saturated heterocycles. The molecule has 0 spiro atoms. The molecule has 0 aliphatic heterocycles. The minimum Gasteiger partial charge on any atom is -0.339 e. The van der Waals surface area contributed by atoms with Gasteiger partial charge < -0.3 is 9.88 Å². The van der Waals surface area contributed by atoms with Crippen molar-refractivity contribution in [1.82, 2.24) is 24.0 Å². The van der Waals surface area contributed by atoms with E-state index in [1.165, 1.54) is 15.5 Å². The number of hydrogen-bond acceptors (Lipinski definition) is 4. The van der Waals surface area contributed by atoms with Crippen molar-refractivity contribution in [2.45, 2.75) is 13.0 Å². The Morgan fingerprint density at radius 1 is 1.39 bits per heavy atom. The highest BCUT2D eigenvalue weighted by Gasteiger charge is 2.12. The molecule has 0 bridgehead atoms. The lowest BCUT2D eigenvalue weighted by Crippen LogP contribution is -2.39. The molecule has 0 atom stereocenters. The normalized spacial score (nSPS) is 11.6. The SMILES string of the molecule is CN(C)CCCn1c(=O)c2[nH]cnc2n(C)c1=O. The van der Waals surface area contributed by atoms with Crippen LogP contribution in [0, 0.1) is 0 Å². The summed E-state index contributed by atoms with van der Waals surface area (Å²) in [7, 11) is 5.53. The minimum atomic E-state index is -0.321. The zero-order valence-corrected chi connectivity index (χ0v) is 10.8. The third-order valence-electron chi connectivity index (χ3n) is 2.90. The summed E-state index contributed by atoms with van der Waals surface area (Å²) < 4.78 is 2.65. The molecule has 0 fully saturated rings. The smallest absolute Gasteiger partial charge is 0.332 e. The quantitative estimate of drug-likeness (QED) is 0.785. The van der Waals surface area contributed by atoms with Crippen LogP contribution in [0.3, 0.4) is 0 Å². The maximum absolute atomic E-state index is 12.1. The van der Waals surface area contributed by atoms with Gasteiger partial charge in [-0.25, -0.2) is 9.78 Å². The first-order valence-corrected chi connectivity index (χ1v) is 5.80. The summed E-state index contributed by atoms with van der Waals surface area (Å²) >= 11 is 0. The Morgan fingerprint density at radius 3 is 2.78 bits per heavy atom. The van der Waals surface area contributed by atoms with Crippen LogP contribution in [-0.4, -0.2) is 44.6 Å². The first-order chi connectivity index (χ1) is 8.52. The molecule has 2 heterocycles. The third kappa shape index (κ3) is 2.08. The van der Waals surface area contributed by atoms with Crippen LogP contribution in [-0.2, 0) is 13.6 Å². The molecule has 0 aliphatic rings. The Bertz CT molecular complexity index is 664. The molecule has 0 unspecified atom stereocenters. The van der Waals surface area contributed by atoms with Gasteiger partial charge in [-0.2, -0.15) is 0 Å². The first-order valence-electron chi connectivity index (χ1n) is 5.80. The van der Waals surface area contributed by atoms with Crippen LogP contribution >= 0.6 is 0 Å². The number of aromatic nitrogens is 4. The van der Waals surface area contributed by atoms with Crippen molar-refractivity contribution in [3.63, 3.8) is 0 Å². The second-order valence-corrected chi connectivity index (χ2v) is 4.56.